The molecule has 0 aromatic heterocycles. The van der Waals surface area contributed by atoms with Gasteiger partial charge in [-0.2, -0.15) is 0 Å². The van der Waals surface area contributed by atoms with E-state index in [1.807, 2.05) is 6.92 Å². The van der Waals surface area contributed by atoms with Gasteiger partial charge in [-0.15, -0.1) is 0 Å². The molecule has 156 valence electrons. The zero-order valence-corrected chi connectivity index (χ0v) is 17.4. The van der Waals surface area contributed by atoms with Crippen LogP contribution < -0.4 is 5.32 Å². The van der Waals surface area contributed by atoms with E-state index in [0.29, 0.717) is 19.5 Å². The van der Waals surface area contributed by atoms with E-state index >= 15 is 0 Å². The molecule has 0 spiro atoms. The van der Waals surface area contributed by atoms with Gasteiger partial charge in [-0.3, -0.25) is 19.4 Å². The van der Waals surface area contributed by atoms with Crippen LogP contribution in [0.1, 0.15) is 78.6 Å². The molecule has 0 aliphatic carbocycles. The molecule has 1 rings (SSSR count). The second-order valence-electron chi connectivity index (χ2n) is 7.69. The first-order chi connectivity index (χ1) is 12.8. The van der Waals surface area contributed by atoms with E-state index in [1.165, 1.54) is 26.3 Å². The van der Waals surface area contributed by atoms with Crippen molar-refractivity contribution in [2.45, 2.75) is 84.6 Å². The molecule has 2 amide bonds. The van der Waals surface area contributed by atoms with Crippen LogP contribution in [0.25, 0.3) is 0 Å². The Labute approximate surface area is 163 Å². The van der Waals surface area contributed by atoms with Gasteiger partial charge in [-0.25, -0.2) is 5.01 Å². The molecule has 7 nitrogen and oxygen atoms in total. The number of nitrogens with one attached hydrogen (secondary N) is 1. The van der Waals surface area contributed by atoms with Crippen LogP contribution in [0.3, 0.4) is 0 Å². The van der Waals surface area contributed by atoms with Gasteiger partial charge in [0, 0.05) is 26.6 Å². The molecule has 1 fully saturated rings. The normalized spacial score (nSPS) is 23.3. The summed E-state index contributed by atoms with van der Waals surface area (Å²) < 4.78 is 0. The average molecular weight is 384 g/mol. The van der Waals surface area contributed by atoms with Gasteiger partial charge in [0.2, 0.25) is 11.8 Å². The number of unbranched alkanes of at least 4 members (excludes halogenated alkanes) is 5. The molecule has 0 aromatic carbocycles. The van der Waals surface area contributed by atoms with E-state index in [-0.39, 0.29) is 18.2 Å². The third-order valence-corrected chi connectivity index (χ3v) is 5.53. The zero-order valence-electron chi connectivity index (χ0n) is 17.4. The third-order valence-electron chi connectivity index (χ3n) is 5.53. The number of amides is 2. The van der Waals surface area contributed by atoms with Crippen LogP contribution in [0.2, 0.25) is 0 Å². The van der Waals surface area contributed by atoms with Crippen molar-refractivity contribution in [3.8, 4) is 0 Å². The summed E-state index contributed by atoms with van der Waals surface area (Å²) in [4.78, 5) is 37.3. The zero-order chi connectivity index (χ0) is 20.4. The molecule has 0 radical (unpaired) electrons. The van der Waals surface area contributed by atoms with Gasteiger partial charge < -0.3 is 10.4 Å². The van der Waals surface area contributed by atoms with Crippen molar-refractivity contribution < 1.29 is 19.5 Å². The van der Waals surface area contributed by atoms with Crippen LogP contribution in [0.4, 0.5) is 0 Å². The van der Waals surface area contributed by atoms with Gasteiger partial charge in [0.1, 0.15) is 6.04 Å². The number of hydrazine groups is 1. The van der Waals surface area contributed by atoms with Gasteiger partial charge in [0.05, 0.1) is 5.41 Å². The predicted molar refractivity (Wildman–Crippen MR) is 105 cm³/mol. The van der Waals surface area contributed by atoms with E-state index in [1.54, 1.807) is 16.9 Å². The minimum Gasteiger partial charge on any atom is -0.481 e. The second kappa shape index (κ2) is 11.3. The summed E-state index contributed by atoms with van der Waals surface area (Å²) in [6.45, 7) is 6.59. The quantitative estimate of drug-likeness (QED) is 0.536. The van der Waals surface area contributed by atoms with Crippen molar-refractivity contribution in [2.75, 3.05) is 20.1 Å². The Kier molecular flexibility index (Phi) is 9.77. The fraction of sp³-hybridized carbons (Fsp3) is 0.850. The maximum Gasteiger partial charge on any atom is 0.311 e. The molecule has 27 heavy (non-hydrogen) atoms. The largest absolute Gasteiger partial charge is 0.481 e. The lowest BCUT2D eigenvalue weighted by Gasteiger charge is -2.50. The highest BCUT2D eigenvalue weighted by Gasteiger charge is 2.53. The predicted octanol–water partition coefficient (Wildman–Crippen LogP) is 2.80. The molecule has 7 heteroatoms. The van der Waals surface area contributed by atoms with Crippen molar-refractivity contribution >= 4 is 17.8 Å². The van der Waals surface area contributed by atoms with Gasteiger partial charge >= 0.3 is 5.97 Å². The number of carbonyl (C=O) groups is 3. The van der Waals surface area contributed by atoms with Gasteiger partial charge in [-0.05, 0) is 26.2 Å². The Balaban J connectivity index is 3.01. The molecule has 1 aliphatic rings. The maximum atomic E-state index is 12.6. The highest BCUT2D eigenvalue weighted by Crippen LogP contribution is 2.36. The Hall–Kier alpha value is -1.63. The SMILES string of the molecule is CCCCCCCCN1C(C(=O)NC)C(C)(C(=O)O)CCN1C(=O)CCC. The maximum absolute atomic E-state index is 12.6. The molecule has 2 atom stereocenters. The standard InChI is InChI=1S/C20H37N3O4/c1-5-7-8-9-10-11-14-23-17(18(25)21-4)20(3,19(26)27)13-15-22(23)16(24)12-6-2/h17H,5-15H2,1-4H3,(H,21,25)(H,26,27). The van der Waals surface area contributed by atoms with Gasteiger partial charge in [0.15, 0.2) is 0 Å². The summed E-state index contributed by atoms with van der Waals surface area (Å²) in [7, 11) is 1.51. The van der Waals surface area contributed by atoms with Gasteiger partial charge in [0.25, 0.3) is 0 Å². The molecule has 0 bridgehead atoms. The molecule has 1 saturated heterocycles. The third kappa shape index (κ3) is 5.92. The molecule has 2 N–H and O–H groups in total. The number of rotatable bonds is 11. The molecular weight excluding hydrogens is 346 g/mol. The van der Waals surface area contributed by atoms with Crippen LogP contribution in [-0.2, 0) is 14.4 Å². The van der Waals surface area contributed by atoms with Crippen molar-refractivity contribution in [1.82, 2.24) is 15.3 Å². The van der Waals surface area contributed by atoms with Crippen molar-refractivity contribution in [3.05, 3.63) is 0 Å². The lowest BCUT2D eigenvalue weighted by molar-refractivity contribution is -0.190. The summed E-state index contributed by atoms with van der Waals surface area (Å²) in [6, 6.07) is -0.884. The van der Waals surface area contributed by atoms with Crippen molar-refractivity contribution in [1.29, 1.82) is 0 Å². The molecule has 0 aromatic rings. The summed E-state index contributed by atoms with van der Waals surface area (Å²) in [5.41, 5.74) is -1.22. The topological polar surface area (TPSA) is 89.9 Å². The monoisotopic (exact) mass is 383 g/mol. The van der Waals surface area contributed by atoms with E-state index < -0.39 is 17.4 Å². The number of carboxylic acids is 1. The van der Waals surface area contributed by atoms with Crippen molar-refractivity contribution in [3.63, 3.8) is 0 Å². The lowest BCUT2D eigenvalue weighted by Crippen LogP contribution is -2.68. The van der Waals surface area contributed by atoms with Crippen LogP contribution in [0.5, 0.6) is 0 Å². The van der Waals surface area contributed by atoms with Crippen molar-refractivity contribution in [2.24, 2.45) is 5.41 Å². The number of carboxylic acid groups (broad SMARTS) is 1. The summed E-state index contributed by atoms with van der Waals surface area (Å²) >= 11 is 0. The van der Waals surface area contributed by atoms with Crippen LogP contribution in [0, 0.1) is 5.41 Å². The van der Waals surface area contributed by atoms with Crippen LogP contribution in [0.15, 0.2) is 0 Å². The van der Waals surface area contributed by atoms with E-state index in [4.69, 9.17) is 0 Å². The first-order valence-electron chi connectivity index (χ1n) is 10.3. The van der Waals surface area contributed by atoms with Gasteiger partial charge in [-0.1, -0.05) is 46.0 Å². The lowest BCUT2D eigenvalue weighted by atomic mass is 9.76. The first-order valence-corrected chi connectivity index (χ1v) is 10.3. The number of nitrogens with zero attached hydrogens (tertiary/aromatic N) is 2. The summed E-state index contributed by atoms with van der Waals surface area (Å²) in [5.74, 6) is -1.38. The smallest absolute Gasteiger partial charge is 0.311 e. The highest BCUT2D eigenvalue weighted by atomic mass is 16.4. The van der Waals surface area contributed by atoms with Crippen LogP contribution in [-0.4, -0.2) is 59.1 Å². The Morgan fingerprint density at radius 2 is 1.70 bits per heavy atom. The average Bonchev–Trinajstić information content (AvgIpc) is 2.64. The number of likely N-dealkylation sites (N-methyl/N-ethyl adjacent to an activating group) is 1. The molecular formula is C20H37N3O4. The minimum absolute atomic E-state index is 0.0372. The first kappa shape index (κ1) is 23.4. The fourth-order valence-corrected chi connectivity index (χ4v) is 3.77. The van der Waals surface area contributed by atoms with E-state index in [9.17, 15) is 19.5 Å². The number of carbonyl (C=O) groups excluding carboxylic acids is 2. The Bertz CT molecular complexity index is 511. The molecule has 0 saturated carbocycles. The van der Waals surface area contributed by atoms with E-state index in [2.05, 4.69) is 12.2 Å². The summed E-state index contributed by atoms with van der Waals surface area (Å²) in [5, 5.41) is 15.8. The second-order valence-corrected chi connectivity index (χ2v) is 7.69. The number of hydrogen-bond acceptors (Lipinski definition) is 4. The minimum atomic E-state index is -1.22. The van der Waals surface area contributed by atoms with E-state index in [0.717, 1.165) is 25.7 Å². The highest BCUT2D eigenvalue weighted by molar-refractivity contribution is 5.90. The Morgan fingerprint density at radius 1 is 1.07 bits per heavy atom. The summed E-state index contributed by atoms with van der Waals surface area (Å²) in [6.07, 6.45) is 7.93. The molecule has 1 aliphatic heterocycles. The fourth-order valence-electron chi connectivity index (χ4n) is 3.77. The Morgan fingerprint density at radius 3 is 2.26 bits per heavy atom. The van der Waals surface area contributed by atoms with Crippen LogP contribution >= 0.6 is 0 Å². The molecule has 1 heterocycles. The number of hydrogen-bond donors (Lipinski definition) is 2. The number of aliphatic carboxylic acids is 1. The molecule has 2 unspecified atom stereocenters.